The van der Waals surface area contributed by atoms with Gasteiger partial charge in [-0.1, -0.05) is 35.0 Å². The minimum Gasteiger partial charge on any atom is -0.378 e. The highest BCUT2D eigenvalue weighted by molar-refractivity contribution is 6.33. The fourth-order valence-electron chi connectivity index (χ4n) is 3.02. The number of benzene rings is 2. The van der Waals surface area contributed by atoms with Crippen molar-refractivity contribution in [3.8, 4) is 11.3 Å². The third-order valence-corrected chi connectivity index (χ3v) is 4.64. The van der Waals surface area contributed by atoms with Crippen molar-refractivity contribution in [2.45, 2.75) is 6.42 Å². The highest BCUT2D eigenvalue weighted by Crippen LogP contribution is 2.37. The van der Waals surface area contributed by atoms with Gasteiger partial charge in [-0.05, 0) is 30.3 Å². The summed E-state index contributed by atoms with van der Waals surface area (Å²) in [7, 11) is 0. The Balaban J connectivity index is 1.54. The largest absolute Gasteiger partial charge is 0.378 e. The van der Waals surface area contributed by atoms with E-state index >= 15 is 0 Å². The normalized spacial score (nSPS) is 11.0. The van der Waals surface area contributed by atoms with Gasteiger partial charge in [0.15, 0.2) is 0 Å². The van der Waals surface area contributed by atoms with Gasteiger partial charge >= 0.3 is 5.69 Å². The zero-order chi connectivity index (χ0) is 20.4. The van der Waals surface area contributed by atoms with Gasteiger partial charge in [0, 0.05) is 30.0 Å². The Labute approximate surface area is 169 Å². The molecule has 0 aliphatic heterocycles. The van der Waals surface area contributed by atoms with Crippen LogP contribution in [0.25, 0.3) is 22.2 Å². The van der Waals surface area contributed by atoms with Crippen LogP contribution in [-0.4, -0.2) is 21.6 Å². The molecule has 9 heteroatoms. The molecule has 7 nitrogen and oxygen atoms in total. The number of anilines is 1. The molecule has 0 bridgehead atoms. The molecule has 0 aliphatic rings. The maximum Gasteiger partial charge on any atom is 0.329 e. The van der Waals surface area contributed by atoms with E-state index in [1.54, 1.807) is 42.5 Å². The molecule has 2 heterocycles. The van der Waals surface area contributed by atoms with Crippen LogP contribution in [0.1, 0.15) is 5.76 Å². The van der Waals surface area contributed by atoms with E-state index in [1.165, 1.54) is 12.1 Å². The van der Waals surface area contributed by atoms with E-state index < -0.39 is 4.92 Å². The summed E-state index contributed by atoms with van der Waals surface area (Å²) in [6.07, 6.45) is 0.430. The maximum atomic E-state index is 13.1. The number of nitrogens with zero attached hydrogens (tertiary/aromatic N) is 3. The predicted octanol–water partition coefficient (Wildman–Crippen LogP) is 5.25. The first kappa shape index (κ1) is 18.8. The number of halogens is 2. The Hall–Kier alpha value is -3.52. The number of para-hydroxylation sites is 1. The van der Waals surface area contributed by atoms with Gasteiger partial charge in [0.25, 0.3) is 0 Å². The van der Waals surface area contributed by atoms with E-state index in [2.05, 4.69) is 15.5 Å². The third-order valence-electron chi connectivity index (χ3n) is 4.38. The van der Waals surface area contributed by atoms with Gasteiger partial charge in [0.1, 0.15) is 23.0 Å². The lowest BCUT2D eigenvalue weighted by Crippen LogP contribution is -2.08. The first-order chi connectivity index (χ1) is 14.0. The smallest absolute Gasteiger partial charge is 0.329 e. The summed E-state index contributed by atoms with van der Waals surface area (Å²) >= 11 is 6.03. The summed E-state index contributed by atoms with van der Waals surface area (Å²) in [4.78, 5) is 15.0. The summed E-state index contributed by atoms with van der Waals surface area (Å²) in [5, 5.41) is 19.0. The summed E-state index contributed by atoms with van der Waals surface area (Å²) in [5.74, 6) is 0.260. The lowest BCUT2D eigenvalue weighted by Gasteiger charge is -2.10. The number of pyridine rings is 1. The van der Waals surface area contributed by atoms with Crippen LogP contribution in [0.2, 0.25) is 5.15 Å². The van der Waals surface area contributed by atoms with E-state index in [-0.39, 0.29) is 16.7 Å². The number of rotatable bonds is 6. The van der Waals surface area contributed by atoms with Crippen molar-refractivity contribution >= 4 is 33.9 Å². The Bertz CT molecular complexity index is 1190. The Kier molecular flexibility index (Phi) is 5.09. The fourth-order valence-corrected chi connectivity index (χ4v) is 3.27. The van der Waals surface area contributed by atoms with Gasteiger partial charge in [-0.25, -0.2) is 9.37 Å². The maximum absolute atomic E-state index is 13.1. The minimum atomic E-state index is -0.550. The molecule has 29 heavy (non-hydrogen) atoms. The molecule has 4 aromatic rings. The molecule has 2 aromatic carbocycles. The van der Waals surface area contributed by atoms with E-state index in [1.807, 2.05) is 0 Å². The number of aromatic nitrogens is 2. The van der Waals surface area contributed by atoms with Gasteiger partial charge in [0.05, 0.1) is 10.4 Å². The van der Waals surface area contributed by atoms with Crippen LogP contribution in [0.4, 0.5) is 15.8 Å². The van der Waals surface area contributed by atoms with Crippen molar-refractivity contribution in [2.75, 3.05) is 11.9 Å². The molecule has 4 rings (SSSR count). The number of fused-ring (bicyclic) bond motifs is 1. The minimum absolute atomic E-state index is 0.172. The standard InChI is InChI=1S/C20H14ClFN4O3/c21-20-19(26(27)28)18(15-3-1-2-4-16(15)24-20)23-10-9-14-11-17(25-29-14)12-5-7-13(22)8-6-12/h1-8,11H,9-10H2,(H,23,24). The van der Waals surface area contributed by atoms with Crippen LogP contribution in [0.15, 0.2) is 59.1 Å². The molecule has 0 saturated heterocycles. The zero-order valence-corrected chi connectivity index (χ0v) is 15.7. The van der Waals surface area contributed by atoms with E-state index in [9.17, 15) is 14.5 Å². The molecule has 2 aromatic heterocycles. The Morgan fingerprint density at radius 1 is 1.17 bits per heavy atom. The molecule has 0 atom stereocenters. The van der Waals surface area contributed by atoms with Gasteiger partial charge in [-0.15, -0.1) is 0 Å². The van der Waals surface area contributed by atoms with E-state index in [0.717, 1.165) is 5.56 Å². The van der Waals surface area contributed by atoms with Gasteiger partial charge in [-0.2, -0.15) is 0 Å². The van der Waals surface area contributed by atoms with Crippen LogP contribution < -0.4 is 5.32 Å². The molecular formula is C20H14ClFN4O3. The summed E-state index contributed by atoms with van der Waals surface area (Å²) < 4.78 is 18.4. The molecular weight excluding hydrogens is 399 g/mol. The molecule has 0 aliphatic carbocycles. The van der Waals surface area contributed by atoms with Crippen molar-refractivity contribution in [1.82, 2.24) is 10.1 Å². The summed E-state index contributed by atoms with van der Waals surface area (Å²) in [5.41, 5.74) is 1.92. The molecule has 0 radical (unpaired) electrons. The van der Waals surface area contributed by atoms with E-state index in [4.69, 9.17) is 16.1 Å². The molecule has 0 saturated carbocycles. The van der Waals surface area contributed by atoms with Crippen molar-refractivity contribution in [3.63, 3.8) is 0 Å². The van der Waals surface area contributed by atoms with Crippen LogP contribution in [0, 0.1) is 15.9 Å². The van der Waals surface area contributed by atoms with Gasteiger partial charge in [-0.3, -0.25) is 10.1 Å². The predicted molar refractivity (Wildman–Crippen MR) is 107 cm³/mol. The van der Waals surface area contributed by atoms with Crippen LogP contribution >= 0.6 is 11.6 Å². The highest BCUT2D eigenvalue weighted by atomic mass is 35.5. The number of nitro groups is 1. The lowest BCUT2D eigenvalue weighted by molar-refractivity contribution is -0.384. The van der Waals surface area contributed by atoms with Crippen molar-refractivity contribution < 1.29 is 13.8 Å². The van der Waals surface area contributed by atoms with Crippen LogP contribution in [0.3, 0.4) is 0 Å². The molecule has 0 unspecified atom stereocenters. The first-order valence-electron chi connectivity index (χ1n) is 8.71. The average molecular weight is 413 g/mol. The monoisotopic (exact) mass is 412 g/mol. The fraction of sp³-hybridized carbons (Fsp3) is 0.100. The number of hydrogen-bond acceptors (Lipinski definition) is 6. The number of hydrogen-bond donors (Lipinski definition) is 1. The molecule has 1 N–H and O–H groups in total. The van der Waals surface area contributed by atoms with Crippen LogP contribution in [0.5, 0.6) is 0 Å². The van der Waals surface area contributed by atoms with Crippen molar-refractivity contribution in [3.05, 3.63) is 81.4 Å². The number of nitrogens with one attached hydrogen (secondary N) is 1. The van der Waals surface area contributed by atoms with Crippen LogP contribution in [-0.2, 0) is 6.42 Å². The molecule has 146 valence electrons. The zero-order valence-electron chi connectivity index (χ0n) is 14.9. The van der Waals surface area contributed by atoms with Gasteiger partial charge < -0.3 is 9.84 Å². The van der Waals surface area contributed by atoms with Crippen molar-refractivity contribution in [2.24, 2.45) is 0 Å². The quantitative estimate of drug-likeness (QED) is 0.264. The summed E-state index contributed by atoms with van der Waals surface area (Å²) in [6, 6.07) is 14.7. The third kappa shape index (κ3) is 3.88. The Morgan fingerprint density at radius 2 is 1.93 bits per heavy atom. The molecule has 0 spiro atoms. The van der Waals surface area contributed by atoms with Gasteiger partial charge in [0.2, 0.25) is 5.15 Å². The summed E-state index contributed by atoms with van der Waals surface area (Å²) in [6.45, 7) is 0.350. The lowest BCUT2D eigenvalue weighted by atomic mass is 10.1. The highest BCUT2D eigenvalue weighted by Gasteiger charge is 2.23. The molecule has 0 fully saturated rings. The SMILES string of the molecule is O=[N+]([O-])c1c(Cl)nc2ccccc2c1NCCc1cc(-c2ccc(F)cc2)no1. The second-order valence-electron chi connectivity index (χ2n) is 6.26. The second-order valence-corrected chi connectivity index (χ2v) is 6.62. The topological polar surface area (TPSA) is 94.1 Å². The first-order valence-corrected chi connectivity index (χ1v) is 9.09. The van der Waals surface area contributed by atoms with E-state index in [0.29, 0.717) is 41.0 Å². The Morgan fingerprint density at radius 3 is 2.69 bits per heavy atom. The molecule has 0 amide bonds. The van der Waals surface area contributed by atoms with Crippen molar-refractivity contribution in [1.29, 1.82) is 0 Å². The average Bonchev–Trinajstić information content (AvgIpc) is 3.17. The second kappa shape index (κ2) is 7.84.